The molecule has 0 unspecified atom stereocenters. The van der Waals surface area contributed by atoms with Crippen molar-refractivity contribution in [1.82, 2.24) is 0 Å². The van der Waals surface area contributed by atoms with Gasteiger partial charge in [0.2, 0.25) is 0 Å². The van der Waals surface area contributed by atoms with Gasteiger partial charge in [0, 0.05) is 0 Å². The maximum absolute atomic E-state index is 10.8. The van der Waals surface area contributed by atoms with Crippen LogP contribution in [-0.2, 0) is 0 Å². The molecule has 0 aliphatic carbocycles. The minimum absolute atomic E-state index is 0.131. The first-order chi connectivity index (χ1) is 6.57. The monoisotopic (exact) mass is 231 g/mol. The molecule has 0 N–H and O–H groups in total. The summed E-state index contributed by atoms with van der Waals surface area (Å²) in [5, 5.41) is 0.829. The molecule has 0 amide bonds. The van der Waals surface area contributed by atoms with Gasteiger partial charge in [-0.3, -0.25) is 9.59 Å². The summed E-state index contributed by atoms with van der Waals surface area (Å²) < 4.78 is 0. The summed E-state index contributed by atoms with van der Waals surface area (Å²) in [7, 11) is 0. The molecule has 0 saturated heterocycles. The number of hydrogen-bond donors (Lipinski definition) is 0. The molecule has 0 aliphatic rings. The third-order valence-electron chi connectivity index (χ3n) is 1.55. The molecular weight excluding hydrogens is 229 g/mol. The van der Waals surface area contributed by atoms with E-state index in [0.29, 0.717) is 0 Å². The summed E-state index contributed by atoms with van der Waals surface area (Å²) in [6.07, 6.45) is 0. The highest BCUT2D eigenvalue weighted by Crippen LogP contribution is 2.26. The first-order valence-corrected chi connectivity index (χ1v) is 4.19. The molecule has 1 rings (SSSR count). The molecule has 0 fully saturated rings. The van der Waals surface area contributed by atoms with E-state index in [2.05, 4.69) is 5.18 Å². The Hall–Kier alpha value is -1.26. The van der Waals surface area contributed by atoms with Gasteiger partial charge in [0.1, 0.15) is 5.69 Å². The first-order valence-electron chi connectivity index (χ1n) is 3.44. The van der Waals surface area contributed by atoms with Crippen molar-refractivity contribution in [3.8, 4) is 0 Å². The molecule has 1 aromatic rings. The zero-order valence-electron chi connectivity index (χ0n) is 6.66. The summed E-state index contributed by atoms with van der Waals surface area (Å²) in [6, 6.07) is 3.96. The van der Waals surface area contributed by atoms with Crippen LogP contribution in [-0.4, -0.2) is 10.5 Å². The Morgan fingerprint density at radius 2 is 1.50 bits per heavy atom. The molecule has 0 aromatic heterocycles. The van der Waals surface area contributed by atoms with Crippen LogP contribution in [0.4, 0.5) is 5.69 Å². The van der Waals surface area contributed by atoms with Gasteiger partial charge >= 0.3 is 0 Å². The van der Waals surface area contributed by atoms with Gasteiger partial charge in [-0.15, -0.1) is 4.91 Å². The van der Waals surface area contributed by atoms with Crippen molar-refractivity contribution < 1.29 is 9.59 Å². The number of benzene rings is 1. The van der Waals surface area contributed by atoms with Gasteiger partial charge in [-0.1, -0.05) is 6.07 Å². The maximum Gasteiger partial charge on any atom is 0.254 e. The lowest BCUT2D eigenvalue weighted by Crippen LogP contribution is -1.96. The highest BCUT2D eigenvalue weighted by atomic mass is 35.5. The second-order valence-corrected chi connectivity index (χ2v) is 3.03. The Morgan fingerprint density at radius 3 is 1.79 bits per heavy atom. The van der Waals surface area contributed by atoms with Gasteiger partial charge in [-0.05, 0) is 40.5 Å². The Kier molecular flexibility index (Phi) is 3.33. The Morgan fingerprint density at radius 1 is 1.07 bits per heavy atom. The predicted octanol–water partition coefficient (Wildman–Crippen LogP) is 2.84. The number of carbonyl (C=O) groups is 2. The molecule has 72 valence electrons. The highest BCUT2D eigenvalue weighted by molar-refractivity contribution is 6.70. The fourth-order valence-electron chi connectivity index (χ4n) is 0.959. The van der Waals surface area contributed by atoms with Crippen LogP contribution in [0.2, 0.25) is 0 Å². The number of nitrogens with zero attached hydrogens (tertiary/aromatic N) is 1. The molecule has 4 nitrogen and oxygen atoms in total. The molecule has 0 bridgehead atoms. The summed E-state index contributed by atoms with van der Waals surface area (Å²) in [4.78, 5) is 32.0. The normalized spacial score (nSPS) is 9.57. The van der Waals surface area contributed by atoms with E-state index in [4.69, 9.17) is 23.2 Å². The molecule has 0 aliphatic heterocycles. The second-order valence-electron chi connectivity index (χ2n) is 2.34. The third kappa shape index (κ3) is 1.97. The number of hydrogen-bond acceptors (Lipinski definition) is 4. The summed E-state index contributed by atoms with van der Waals surface area (Å²) in [5.74, 6) is 0. The highest BCUT2D eigenvalue weighted by Gasteiger charge is 2.17. The second kappa shape index (κ2) is 4.30. The van der Waals surface area contributed by atoms with E-state index < -0.39 is 10.5 Å². The Labute approximate surface area is 88.8 Å². The lowest BCUT2D eigenvalue weighted by molar-refractivity contribution is 0.108. The van der Waals surface area contributed by atoms with Crippen LogP contribution in [0, 0.1) is 4.91 Å². The zero-order valence-corrected chi connectivity index (χ0v) is 8.17. The molecule has 0 atom stereocenters. The fraction of sp³-hybridized carbons (Fsp3) is 0. The van der Waals surface area contributed by atoms with Crippen molar-refractivity contribution in [3.63, 3.8) is 0 Å². The van der Waals surface area contributed by atoms with Crippen molar-refractivity contribution in [3.05, 3.63) is 34.2 Å². The number of nitroso groups, excluding NO2 is 1. The lowest BCUT2D eigenvalue weighted by Gasteiger charge is -2.00. The van der Waals surface area contributed by atoms with Gasteiger partial charge in [0.25, 0.3) is 10.5 Å². The minimum Gasteiger partial charge on any atom is -0.276 e. The number of rotatable bonds is 3. The molecular formula is C8H3Cl2NO3. The molecule has 1 aromatic carbocycles. The van der Waals surface area contributed by atoms with Crippen molar-refractivity contribution >= 4 is 39.4 Å². The fourth-order valence-corrected chi connectivity index (χ4v) is 1.26. The minimum atomic E-state index is -0.862. The zero-order chi connectivity index (χ0) is 10.7. The van der Waals surface area contributed by atoms with Crippen molar-refractivity contribution in [2.75, 3.05) is 0 Å². The van der Waals surface area contributed by atoms with E-state index >= 15 is 0 Å². The summed E-state index contributed by atoms with van der Waals surface area (Å²) in [6.45, 7) is 0. The van der Waals surface area contributed by atoms with Crippen molar-refractivity contribution in [1.29, 1.82) is 0 Å². The van der Waals surface area contributed by atoms with Gasteiger partial charge in [0.15, 0.2) is 0 Å². The van der Waals surface area contributed by atoms with Gasteiger partial charge in [-0.2, -0.15) is 0 Å². The van der Waals surface area contributed by atoms with E-state index in [0.717, 1.165) is 0 Å². The predicted molar refractivity (Wildman–Crippen MR) is 52.3 cm³/mol. The summed E-state index contributed by atoms with van der Waals surface area (Å²) >= 11 is 10.3. The average Bonchev–Trinajstić information content (AvgIpc) is 2.16. The third-order valence-corrected chi connectivity index (χ3v) is 1.96. The average molecular weight is 232 g/mol. The molecule has 0 spiro atoms. The largest absolute Gasteiger partial charge is 0.276 e. The SMILES string of the molecule is O=Nc1c(C(=O)Cl)cccc1C(=O)Cl. The van der Waals surface area contributed by atoms with E-state index in [1.807, 2.05) is 0 Å². The summed E-state index contributed by atoms with van der Waals surface area (Å²) in [5.41, 5.74) is -0.589. The van der Waals surface area contributed by atoms with Gasteiger partial charge in [0.05, 0.1) is 11.1 Å². The van der Waals surface area contributed by atoms with Gasteiger partial charge in [-0.25, -0.2) is 0 Å². The van der Waals surface area contributed by atoms with E-state index in [1.165, 1.54) is 18.2 Å². The number of halogens is 2. The van der Waals surface area contributed by atoms with Crippen LogP contribution in [0.15, 0.2) is 23.4 Å². The smallest absolute Gasteiger partial charge is 0.254 e. The lowest BCUT2D eigenvalue weighted by atomic mass is 10.1. The van der Waals surface area contributed by atoms with Gasteiger partial charge < -0.3 is 0 Å². The van der Waals surface area contributed by atoms with Crippen LogP contribution >= 0.6 is 23.2 Å². The Balaban J connectivity index is 3.47. The standard InChI is InChI=1S/C8H3Cl2NO3/c9-7(12)4-2-1-3-5(8(10)13)6(4)11-14/h1-3H. The first kappa shape index (κ1) is 10.8. The van der Waals surface area contributed by atoms with Crippen LogP contribution < -0.4 is 0 Å². The van der Waals surface area contributed by atoms with Crippen molar-refractivity contribution in [2.24, 2.45) is 5.18 Å². The molecule has 14 heavy (non-hydrogen) atoms. The van der Waals surface area contributed by atoms with Crippen LogP contribution in [0.3, 0.4) is 0 Å². The van der Waals surface area contributed by atoms with Crippen LogP contribution in [0.1, 0.15) is 20.7 Å². The van der Waals surface area contributed by atoms with E-state index in [9.17, 15) is 14.5 Å². The van der Waals surface area contributed by atoms with Crippen LogP contribution in [0.5, 0.6) is 0 Å². The molecule has 6 heteroatoms. The van der Waals surface area contributed by atoms with E-state index in [-0.39, 0.29) is 16.8 Å². The topological polar surface area (TPSA) is 63.6 Å². The number of carbonyl (C=O) groups excluding carboxylic acids is 2. The molecule has 0 heterocycles. The maximum atomic E-state index is 10.8. The molecule has 0 radical (unpaired) electrons. The molecule has 0 saturated carbocycles. The van der Waals surface area contributed by atoms with Crippen molar-refractivity contribution in [2.45, 2.75) is 0 Å². The van der Waals surface area contributed by atoms with E-state index in [1.54, 1.807) is 0 Å². The van der Waals surface area contributed by atoms with Crippen LogP contribution in [0.25, 0.3) is 0 Å². The Bertz CT molecular complexity index is 385. The quantitative estimate of drug-likeness (QED) is 0.594.